The van der Waals surface area contributed by atoms with Gasteiger partial charge < -0.3 is 5.32 Å². The van der Waals surface area contributed by atoms with Crippen molar-refractivity contribution in [3.8, 4) is 0 Å². The van der Waals surface area contributed by atoms with E-state index in [4.69, 9.17) is 0 Å². The maximum absolute atomic E-state index is 3.42. The molecule has 0 fully saturated rings. The molecule has 1 aliphatic rings. The molecule has 1 aromatic rings. The topological polar surface area (TPSA) is 12.0 Å². The van der Waals surface area contributed by atoms with Crippen LogP contribution in [0.15, 0.2) is 24.3 Å². The third-order valence-electron chi connectivity index (χ3n) is 3.72. The standard InChI is InChI=1S/C13H19N/c1-13(2,14-3)12-8-10-6-4-5-7-11(10)9-12/h4-7,12,14H,8-9H2,1-3H3. The molecule has 0 spiro atoms. The van der Waals surface area contributed by atoms with Crippen LogP contribution in [0.5, 0.6) is 0 Å². The van der Waals surface area contributed by atoms with Crippen molar-refractivity contribution in [3.05, 3.63) is 35.4 Å². The number of rotatable bonds is 2. The smallest absolute Gasteiger partial charge is 0.0156 e. The summed E-state index contributed by atoms with van der Waals surface area (Å²) in [6.07, 6.45) is 2.45. The van der Waals surface area contributed by atoms with Gasteiger partial charge in [-0.2, -0.15) is 0 Å². The van der Waals surface area contributed by atoms with E-state index in [0.29, 0.717) is 0 Å². The Kier molecular flexibility index (Phi) is 2.36. The molecule has 0 unspecified atom stereocenters. The average Bonchev–Trinajstić information content (AvgIpc) is 2.61. The van der Waals surface area contributed by atoms with Crippen molar-refractivity contribution in [2.75, 3.05) is 7.05 Å². The normalized spacial score (nSPS) is 17.1. The van der Waals surface area contributed by atoms with Crippen LogP contribution in [0.25, 0.3) is 0 Å². The van der Waals surface area contributed by atoms with Crippen molar-refractivity contribution in [1.82, 2.24) is 5.32 Å². The Morgan fingerprint density at radius 3 is 2.07 bits per heavy atom. The lowest BCUT2D eigenvalue weighted by atomic mass is 9.85. The molecule has 1 N–H and O–H groups in total. The maximum Gasteiger partial charge on any atom is 0.0156 e. The zero-order chi connectivity index (χ0) is 10.2. The maximum atomic E-state index is 3.42. The van der Waals surface area contributed by atoms with Gasteiger partial charge in [0.25, 0.3) is 0 Å². The van der Waals surface area contributed by atoms with Crippen LogP contribution in [-0.4, -0.2) is 12.6 Å². The van der Waals surface area contributed by atoms with Gasteiger partial charge in [0, 0.05) is 5.54 Å². The summed E-state index contributed by atoms with van der Waals surface area (Å²) in [5.41, 5.74) is 3.33. The molecule has 0 aliphatic heterocycles. The van der Waals surface area contributed by atoms with Crippen LogP contribution in [0.3, 0.4) is 0 Å². The van der Waals surface area contributed by atoms with E-state index < -0.39 is 0 Å². The van der Waals surface area contributed by atoms with Gasteiger partial charge in [-0.1, -0.05) is 24.3 Å². The van der Waals surface area contributed by atoms with Gasteiger partial charge >= 0.3 is 0 Å². The molecule has 0 amide bonds. The highest BCUT2D eigenvalue weighted by molar-refractivity contribution is 5.33. The van der Waals surface area contributed by atoms with Crippen LogP contribution in [0.4, 0.5) is 0 Å². The fraction of sp³-hybridized carbons (Fsp3) is 0.538. The van der Waals surface area contributed by atoms with Crippen molar-refractivity contribution in [2.45, 2.75) is 32.2 Å². The third kappa shape index (κ3) is 1.57. The average molecular weight is 189 g/mol. The number of hydrogen-bond acceptors (Lipinski definition) is 1. The molecule has 1 aromatic carbocycles. The fourth-order valence-electron chi connectivity index (χ4n) is 2.27. The van der Waals surface area contributed by atoms with Crippen LogP contribution >= 0.6 is 0 Å². The minimum atomic E-state index is 0.249. The van der Waals surface area contributed by atoms with Gasteiger partial charge in [-0.25, -0.2) is 0 Å². The molecular weight excluding hydrogens is 170 g/mol. The SMILES string of the molecule is CNC(C)(C)C1Cc2ccccc2C1. The summed E-state index contributed by atoms with van der Waals surface area (Å²) in [6, 6.07) is 8.82. The summed E-state index contributed by atoms with van der Waals surface area (Å²) in [5.74, 6) is 0.741. The Bertz CT molecular complexity index is 303. The highest BCUT2D eigenvalue weighted by atomic mass is 14.9. The van der Waals surface area contributed by atoms with E-state index in [1.54, 1.807) is 11.1 Å². The van der Waals surface area contributed by atoms with E-state index in [0.717, 1.165) is 5.92 Å². The van der Waals surface area contributed by atoms with Gasteiger partial charge in [-0.05, 0) is 50.8 Å². The second-order valence-electron chi connectivity index (χ2n) is 4.85. The summed E-state index contributed by atoms with van der Waals surface area (Å²) in [6.45, 7) is 4.59. The van der Waals surface area contributed by atoms with E-state index in [2.05, 4.69) is 50.5 Å². The molecule has 2 rings (SSSR count). The Labute approximate surface area is 86.5 Å². The van der Waals surface area contributed by atoms with E-state index in [-0.39, 0.29) is 5.54 Å². The van der Waals surface area contributed by atoms with Crippen LogP contribution in [0.2, 0.25) is 0 Å². The molecule has 0 radical (unpaired) electrons. The van der Waals surface area contributed by atoms with Crippen molar-refractivity contribution in [3.63, 3.8) is 0 Å². The first kappa shape index (κ1) is 9.72. The fourth-order valence-corrected chi connectivity index (χ4v) is 2.27. The number of nitrogens with one attached hydrogen (secondary N) is 1. The van der Waals surface area contributed by atoms with Crippen molar-refractivity contribution >= 4 is 0 Å². The van der Waals surface area contributed by atoms with Crippen LogP contribution in [0.1, 0.15) is 25.0 Å². The van der Waals surface area contributed by atoms with Gasteiger partial charge in [-0.3, -0.25) is 0 Å². The summed E-state index contributed by atoms with van der Waals surface area (Å²) >= 11 is 0. The summed E-state index contributed by atoms with van der Waals surface area (Å²) in [5, 5.41) is 3.42. The van der Waals surface area contributed by atoms with E-state index in [9.17, 15) is 0 Å². The molecular formula is C13H19N. The van der Waals surface area contributed by atoms with Gasteiger partial charge in [0.1, 0.15) is 0 Å². The lowest BCUT2D eigenvalue weighted by Crippen LogP contribution is -2.44. The molecule has 0 heterocycles. The Morgan fingerprint density at radius 1 is 1.14 bits per heavy atom. The summed E-state index contributed by atoms with van der Waals surface area (Å²) in [7, 11) is 2.06. The summed E-state index contributed by atoms with van der Waals surface area (Å²) in [4.78, 5) is 0. The van der Waals surface area contributed by atoms with Gasteiger partial charge in [-0.15, -0.1) is 0 Å². The minimum absolute atomic E-state index is 0.249. The quantitative estimate of drug-likeness (QED) is 0.753. The van der Waals surface area contributed by atoms with Gasteiger partial charge in [0.05, 0.1) is 0 Å². The Morgan fingerprint density at radius 2 is 1.64 bits per heavy atom. The van der Waals surface area contributed by atoms with E-state index in [1.807, 2.05) is 0 Å². The predicted molar refractivity (Wildman–Crippen MR) is 60.5 cm³/mol. The molecule has 1 nitrogen and oxygen atoms in total. The van der Waals surface area contributed by atoms with E-state index >= 15 is 0 Å². The molecule has 0 aromatic heterocycles. The first-order chi connectivity index (χ1) is 6.63. The Hall–Kier alpha value is -0.820. The summed E-state index contributed by atoms with van der Waals surface area (Å²) < 4.78 is 0. The third-order valence-corrected chi connectivity index (χ3v) is 3.72. The molecule has 76 valence electrons. The largest absolute Gasteiger partial charge is 0.315 e. The molecule has 0 saturated heterocycles. The zero-order valence-electron chi connectivity index (χ0n) is 9.30. The van der Waals surface area contributed by atoms with Crippen molar-refractivity contribution in [2.24, 2.45) is 5.92 Å². The first-order valence-corrected chi connectivity index (χ1v) is 5.39. The number of hydrogen-bond donors (Lipinski definition) is 1. The highest BCUT2D eigenvalue weighted by Gasteiger charge is 2.32. The first-order valence-electron chi connectivity index (χ1n) is 5.39. The molecule has 0 atom stereocenters. The highest BCUT2D eigenvalue weighted by Crippen LogP contribution is 2.33. The van der Waals surface area contributed by atoms with Gasteiger partial charge in [0.15, 0.2) is 0 Å². The van der Waals surface area contributed by atoms with Crippen LogP contribution in [0, 0.1) is 5.92 Å². The Balaban J connectivity index is 2.19. The second kappa shape index (κ2) is 3.39. The lowest BCUT2D eigenvalue weighted by Gasteiger charge is -2.31. The zero-order valence-corrected chi connectivity index (χ0v) is 9.30. The molecule has 0 saturated carbocycles. The van der Waals surface area contributed by atoms with Crippen LogP contribution in [-0.2, 0) is 12.8 Å². The lowest BCUT2D eigenvalue weighted by molar-refractivity contribution is 0.278. The van der Waals surface area contributed by atoms with Crippen molar-refractivity contribution in [1.29, 1.82) is 0 Å². The number of benzene rings is 1. The molecule has 0 bridgehead atoms. The van der Waals surface area contributed by atoms with Crippen molar-refractivity contribution < 1.29 is 0 Å². The second-order valence-corrected chi connectivity index (χ2v) is 4.85. The monoisotopic (exact) mass is 189 g/mol. The van der Waals surface area contributed by atoms with Gasteiger partial charge in [0.2, 0.25) is 0 Å². The van der Waals surface area contributed by atoms with Crippen LogP contribution < -0.4 is 5.32 Å². The molecule has 14 heavy (non-hydrogen) atoms. The minimum Gasteiger partial charge on any atom is -0.315 e. The predicted octanol–water partition coefficient (Wildman–Crippen LogP) is 2.40. The number of fused-ring (bicyclic) bond motifs is 1. The molecule has 1 heteroatoms. The molecule has 1 aliphatic carbocycles. The van der Waals surface area contributed by atoms with E-state index in [1.165, 1.54) is 12.8 Å².